The number of rotatable bonds is 8. The van der Waals surface area contributed by atoms with E-state index in [4.69, 9.17) is 5.11 Å². The molecule has 1 atom stereocenters. The number of carboxylic acids is 1. The minimum Gasteiger partial charge on any atom is -0.480 e. The standard InChI is InChI=1S/C14H28N2O2/c1-5-13(10(3)4)15-11-7-12(8-11)16(6-2)9-14(17)18/h10-13,15H,5-9H2,1-4H3,(H,17,18). The lowest BCUT2D eigenvalue weighted by molar-refractivity contribution is -0.139. The molecule has 106 valence electrons. The van der Waals surface area contributed by atoms with Crippen molar-refractivity contribution in [1.29, 1.82) is 0 Å². The first-order chi connectivity index (χ1) is 8.47. The molecule has 1 rings (SSSR count). The van der Waals surface area contributed by atoms with Crippen molar-refractivity contribution in [3.05, 3.63) is 0 Å². The van der Waals surface area contributed by atoms with E-state index in [1.54, 1.807) is 0 Å². The minimum atomic E-state index is -0.720. The molecule has 0 bridgehead atoms. The molecular weight excluding hydrogens is 228 g/mol. The van der Waals surface area contributed by atoms with Gasteiger partial charge >= 0.3 is 5.97 Å². The topological polar surface area (TPSA) is 52.6 Å². The van der Waals surface area contributed by atoms with Crippen molar-refractivity contribution in [2.75, 3.05) is 13.1 Å². The van der Waals surface area contributed by atoms with Gasteiger partial charge in [0.05, 0.1) is 6.54 Å². The molecule has 0 aromatic carbocycles. The molecule has 4 heteroatoms. The molecule has 0 amide bonds. The average molecular weight is 256 g/mol. The number of carbonyl (C=O) groups is 1. The summed E-state index contributed by atoms with van der Waals surface area (Å²) in [5, 5.41) is 12.5. The maximum absolute atomic E-state index is 10.8. The third kappa shape index (κ3) is 4.25. The van der Waals surface area contributed by atoms with E-state index in [2.05, 4.69) is 31.0 Å². The number of nitrogens with one attached hydrogen (secondary N) is 1. The highest BCUT2D eigenvalue weighted by molar-refractivity contribution is 5.69. The van der Waals surface area contributed by atoms with Gasteiger partial charge in [-0.25, -0.2) is 0 Å². The van der Waals surface area contributed by atoms with E-state index in [-0.39, 0.29) is 6.54 Å². The molecule has 0 spiro atoms. The Morgan fingerprint density at radius 1 is 1.39 bits per heavy atom. The zero-order valence-corrected chi connectivity index (χ0v) is 12.1. The fraction of sp³-hybridized carbons (Fsp3) is 0.929. The number of carboxylic acid groups (broad SMARTS) is 1. The van der Waals surface area contributed by atoms with Crippen molar-refractivity contribution >= 4 is 5.97 Å². The summed E-state index contributed by atoms with van der Waals surface area (Å²) in [5.74, 6) is -0.0581. The van der Waals surface area contributed by atoms with Crippen LogP contribution in [0, 0.1) is 5.92 Å². The lowest BCUT2D eigenvalue weighted by Crippen LogP contribution is -2.56. The van der Waals surface area contributed by atoms with Crippen molar-refractivity contribution in [2.45, 2.75) is 65.1 Å². The van der Waals surface area contributed by atoms with Crippen LogP contribution in [0.3, 0.4) is 0 Å². The van der Waals surface area contributed by atoms with Gasteiger partial charge in [-0.3, -0.25) is 9.69 Å². The Morgan fingerprint density at radius 3 is 2.39 bits per heavy atom. The van der Waals surface area contributed by atoms with Gasteiger partial charge in [0, 0.05) is 18.1 Å². The van der Waals surface area contributed by atoms with Crippen molar-refractivity contribution < 1.29 is 9.90 Å². The molecule has 0 aromatic heterocycles. The van der Waals surface area contributed by atoms with Crippen LogP contribution in [0.15, 0.2) is 0 Å². The summed E-state index contributed by atoms with van der Waals surface area (Å²) in [7, 11) is 0. The molecule has 0 aliphatic heterocycles. The van der Waals surface area contributed by atoms with E-state index in [1.165, 1.54) is 0 Å². The molecule has 0 radical (unpaired) electrons. The molecule has 2 N–H and O–H groups in total. The largest absolute Gasteiger partial charge is 0.480 e. The first-order valence-electron chi connectivity index (χ1n) is 7.19. The number of hydrogen-bond acceptors (Lipinski definition) is 3. The Balaban J connectivity index is 2.31. The lowest BCUT2D eigenvalue weighted by atomic mass is 9.84. The molecular formula is C14H28N2O2. The first-order valence-corrected chi connectivity index (χ1v) is 7.19. The summed E-state index contributed by atoms with van der Waals surface area (Å²) < 4.78 is 0. The average Bonchev–Trinajstić information content (AvgIpc) is 2.24. The van der Waals surface area contributed by atoms with Crippen molar-refractivity contribution in [2.24, 2.45) is 5.92 Å². The molecule has 0 saturated heterocycles. The van der Waals surface area contributed by atoms with Gasteiger partial charge in [0.15, 0.2) is 0 Å². The van der Waals surface area contributed by atoms with E-state index in [1.807, 2.05) is 6.92 Å². The van der Waals surface area contributed by atoms with Crippen LogP contribution < -0.4 is 5.32 Å². The van der Waals surface area contributed by atoms with Crippen LogP contribution in [0.1, 0.15) is 47.0 Å². The molecule has 1 unspecified atom stereocenters. The maximum Gasteiger partial charge on any atom is 0.317 e. The molecule has 0 aromatic rings. The van der Waals surface area contributed by atoms with Gasteiger partial charge in [-0.05, 0) is 31.7 Å². The SMILES string of the molecule is CCC(NC1CC(N(CC)CC(=O)O)C1)C(C)C. The van der Waals surface area contributed by atoms with E-state index >= 15 is 0 Å². The van der Waals surface area contributed by atoms with Crippen LogP contribution in [-0.2, 0) is 4.79 Å². The molecule has 4 nitrogen and oxygen atoms in total. The Kier molecular flexibility index (Phi) is 6.09. The quantitative estimate of drug-likeness (QED) is 0.697. The van der Waals surface area contributed by atoms with Crippen LogP contribution in [0.2, 0.25) is 0 Å². The first kappa shape index (κ1) is 15.4. The summed E-state index contributed by atoms with van der Waals surface area (Å²) in [6.07, 6.45) is 3.33. The summed E-state index contributed by atoms with van der Waals surface area (Å²) in [5.41, 5.74) is 0. The third-order valence-electron chi connectivity index (χ3n) is 4.07. The molecule has 0 heterocycles. The molecule has 1 saturated carbocycles. The van der Waals surface area contributed by atoms with Gasteiger partial charge < -0.3 is 10.4 Å². The number of hydrogen-bond donors (Lipinski definition) is 2. The predicted molar refractivity (Wildman–Crippen MR) is 73.7 cm³/mol. The van der Waals surface area contributed by atoms with Crippen LogP contribution in [0.25, 0.3) is 0 Å². The summed E-state index contributed by atoms with van der Waals surface area (Å²) in [6.45, 7) is 9.75. The Hall–Kier alpha value is -0.610. The number of nitrogens with zero attached hydrogens (tertiary/aromatic N) is 1. The van der Waals surface area contributed by atoms with Gasteiger partial charge in [-0.15, -0.1) is 0 Å². The van der Waals surface area contributed by atoms with Gasteiger partial charge in [0.25, 0.3) is 0 Å². The van der Waals surface area contributed by atoms with Crippen LogP contribution in [0.4, 0.5) is 0 Å². The second-order valence-electron chi connectivity index (χ2n) is 5.70. The smallest absolute Gasteiger partial charge is 0.317 e. The molecule has 1 aliphatic rings. The summed E-state index contributed by atoms with van der Waals surface area (Å²) in [4.78, 5) is 12.8. The molecule has 1 aliphatic carbocycles. The van der Waals surface area contributed by atoms with E-state index in [0.717, 1.165) is 25.8 Å². The maximum atomic E-state index is 10.8. The Morgan fingerprint density at radius 2 is 2.00 bits per heavy atom. The number of aliphatic carboxylic acids is 1. The fourth-order valence-corrected chi connectivity index (χ4v) is 2.78. The Labute approximate surface area is 111 Å². The second-order valence-corrected chi connectivity index (χ2v) is 5.70. The van der Waals surface area contributed by atoms with Crippen LogP contribution >= 0.6 is 0 Å². The summed E-state index contributed by atoms with van der Waals surface area (Å²) in [6, 6.07) is 1.61. The van der Waals surface area contributed by atoms with Crippen molar-refractivity contribution in [3.63, 3.8) is 0 Å². The van der Waals surface area contributed by atoms with E-state index < -0.39 is 5.97 Å². The molecule has 18 heavy (non-hydrogen) atoms. The van der Waals surface area contributed by atoms with Crippen LogP contribution in [-0.4, -0.2) is 47.2 Å². The predicted octanol–water partition coefficient (Wildman–Crippen LogP) is 1.95. The minimum absolute atomic E-state index is 0.176. The third-order valence-corrected chi connectivity index (χ3v) is 4.07. The van der Waals surface area contributed by atoms with Gasteiger partial charge in [0.2, 0.25) is 0 Å². The van der Waals surface area contributed by atoms with Crippen molar-refractivity contribution in [1.82, 2.24) is 10.2 Å². The lowest BCUT2D eigenvalue weighted by Gasteiger charge is -2.44. The molecule has 1 fully saturated rings. The fourth-order valence-electron chi connectivity index (χ4n) is 2.78. The highest BCUT2D eigenvalue weighted by Gasteiger charge is 2.34. The normalized spacial score (nSPS) is 25.2. The summed E-state index contributed by atoms with van der Waals surface area (Å²) >= 11 is 0. The highest BCUT2D eigenvalue weighted by atomic mass is 16.4. The van der Waals surface area contributed by atoms with Crippen molar-refractivity contribution in [3.8, 4) is 0 Å². The van der Waals surface area contributed by atoms with Crippen LogP contribution in [0.5, 0.6) is 0 Å². The van der Waals surface area contributed by atoms with E-state index in [0.29, 0.717) is 24.0 Å². The zero-order valence-electron chi connectivity index (χ0n) is 12.1. The monoisotopic (exact) mass is 256 g/mol. The number of likely N-dealkylation sites (N-methyl/N-ethyl adjacent to an activating group) is 1. The van der Waals surface area contributed by atoms with Gasteiger partial charge in [-0.1, -0.05) is 27.7 Å². The zero-order chi connectivity index (χ0) is 13.7. The van der Waals surface area contributed by atoms with Gasteiger partial charge in [0.1, 0.15) is 0 Å². The van der Waals surface area contributed by atoms with E-state index in [9.17, 15) is 4.79 Å². The second kappa shape index (κ2) is 7.10. The van der Waals surface area contributed by atoms with Gasteiger partial charge in [-0.2, -0.15) is 0 Å². The highest BCUT2D eigenvalue weighted by Crippen LogP contribution is 2.26. The Bertz CT molecular complexity index is 263.